The number of benzene rings is 1. The van der Waals surface area contributed by atoms with Gasteiger partial charge in [0, 0.05) is 22.8 Å². The molecule has 155 valence electrons. The fourth-order valence-corrected chi connectivity index (χ4v) is 1.56. The molecule has 15 heteroatoms. The lowest BCUT2D eigenvalue weighted by molar-refractivity contribution is -0.295. The average molecular weight is 431 g/mol. The van der Waals surface area contributed by atoms with Crippen LogP contribution in [0.4, 0.5) is 65.9 Å². The highest BCUT2D eigenvalue weighted by atomic mass is 19.4. The Morgan fingerprint density at radius 2 is 0.704 bits per heavy atom. The maximum absolute atomic E-state index is 13.2. The van der Waals surface area contributed by atoms with E-state index in [-0.39, 0.29) is 6.07 Å². The van der Waals surface area contributed by atoms with E-state index in [1.54, 1.807) is 0 Å². The molecule has 1 aromatic carbocycles. The first kappa shape index (κ1) is 23.2. The molecule has 0 bridgehead atoms. The van der Waals surface area contributed by atoms with Crippen molar-refractivity contribution in [1.29, 1.82) is 0 Å². The molecule has 1 radical (unpaired) electrons. The van der Waals surface area contributed by atoms with Crippen LogP contribution >= 0.6 is 0 Å². The summed E-state index contributed by atoms with van der Waals surface area (Å²) in [5, 5.41) is 0. The van der Waals surface area contributed by atoms with Gasteiger partial charge in [0.25, 0.3) is 0 Å². The highest BCUT2D eigenvalue weighted by Gasteiger charge is 2.64. The van der Waals surface area contributed by atoms with Crippen LogP contribution < -0.4 is 0 Å². The number of hydrogen-bond acceptors (Lipinski definition) is 0. The Hall–Kier alpha value is -1.83. The molecule has 0 saturated heterocycles. The van der Waals surface area contributed by atoms with E-state index in [0.717, 1.165) is 0 Å². The fourth-order valence-electron chi connectivity index (χ4n) is 1.56. The predicted molar refractivity (Wildman–Crippen MR) is 55.1 cm³/mol. The monoisotopic (exact) mass is 431 g/mol. The third kappa shape index (κ3) is 3.90. The summed E-state index contributed by atoms with van der Waals surface area (Å²) in [6, 6.07) is -2.13. The zero-order valence-electron chi connectivity index (χ0n) is 11.8. The van der Waals surface area contributed by atoms with Crippen molar-refractivity contribution < 1.29 is 65.9 Å². The van der Waals surface area contributed by atoms with Crippen molar-refractivity contribution in [1.82, 2.24) is 0 Å². The Kier molecular flexibility index (Phi) is 5.23. The second-order valence-electron chi connectivity index (χ2n) is 4.91. The lowest BCUT2D eigenvalue weighted by Crippen LogP contribution is -2.39. The Labute approximate surface area is 138 Å². The van der Waals surface area contributed by atoms with E-state index in [1.165, 1.54) is 0 Å². The number of alkyl halides is 15. The summed E-state index contributed by atoms with van der Waals surface area (Å²) in [6.45, 7) is 0. The van der Waals surface area contributed by atoms with Crippen LogP contribution in [0.3, 0.4) is 0 Å². The molecule has 0 fully saturated rings. The molecule has 0 N–H and O–H groups in total. The van der Waals surface area contributed by atoms with Crippen LogP contribution in [-0.4, -0.2) is 18.5 Å². The van der Waals surface area contributed by atoms with E-state index >= 15 is 0 Å². The largest absolute Gasteiger partial charge is 0.458 e. The van der Waals surface area contributed by atoms with Crippen LogP contribution in [0.2, 0.25) is 0 Å². The molecule has 0 amide bonds. The van der Waals surface area contributed by atoms with Crippen molar-refractivity contribution in [3.8, 4) is 0 Å². The van der Waals surface area contributed by atoms with Gasteiger partial charge in [-0.1, -0.05) is 0 Å². The summed E-state index contributed by atoms with van der Waals surface area (Å²) in [5.74, 6) is -19.0. The van der Waals surface area contributed by atoms with Crippen LogP contribution in [0, 0.1) is 6.07 Å². The van der Waals surface area contributed by atoms with Gasteiger partial charge in [0.2, 0.25) is 0 Å². The highest BCUT2D eigenvalue weighted by Crippen LogP contribution is 2.51. The molecule has 0 saturated carbocycles. The van der Waals surface area contributed by atoms with Crippen molar-refractivity contribution in [3.63, 3.8) is 0 Å². The second-order valence-corrected chi connectivity index (χ2v) is 4.91. The van der Waals surface area contributed by atoms with Gasteiger partial charge < -0.3 is 0 Å². The molecule has 0 aliphatic rings. The van der Waals surface area contributed by atoms with Gasteiger partial charge in [-0.3, -0.25) is 0 Å². The second kappa shape index (κ2) is 6.09. The van der Waals surface area contributed by atoms with Gasteiger partial charge in [-0.05, 0) is 12.1 Å². The quantitative estimate of drug-likeness (QED) is 0.483. The summed E-state index contributed by atoms with van der Waals surface area (Å²) in [7, 11) is 0. The van der Waals surface area contributed by atoms with Gasteiger partial charge >= 0.3 is 36.3 Å². The summed E-state index contributed by atoms with van der Waals surface area (Å²) in [6.07, 6.45) is -20.1. The summed E-state index contributed by atoms with van der Waals surface area (Å²) >= 11 is 0. The molecule has 27 heavy (non-hydrogen) atoms. The lowest BCUT2D eigenvalue weighted by atomic mass is 9.94. The summed E-state index contributed by atoms with van der Waals surface area (Å²) in [4.78, 5) is 0. The predicted octanol–water partition coefficient (Wildman–Crippen LogP) is 6.45. The van der Waals surface area contributed by atoms with E-state index < -0.39 is 65.1 Å². The number of hydrogen-bond donors (Lipinski definition) is 0. The molecule has 0 unspecified atom stereocenters. The number of halogens is 15. The van der Waals surface area contributed by atoms with Crippen LogP contribution in [0.5, 0.6) is 0 Å². The molecule has 0 atom stereocenters. The molecule has 0 heterocycles. The molecule has 0 aliphatic carbocycles. The maximum atomic E-state index is 13.2. The average Bonchev–Trinajstić information content (AvgIpc) is 2.43. The third-order valence-corrected chi connectivity index (χ3v) is 2.98. The maximum Gasteiger partial charge on any atom is 0.458 e. The molecule has 0 aliphatic heterocycles. The Morgan fingerprint density at radius 3 is 0.926 bits per heavy atom. The first-order valence-electron chi connectivity index (χ1n) is 5.99. The summed E-state index contributed by atoms with van der Waals surface area (Å²) in [5.41, 5.74) is -9.13. The van der Waals surface area contributed by atoms with Crippen LogP contribution in [0.15, 0.2) is 12.1 Å². The van der Waals surface area contributed by atoms with Gasteiger partial charge in [0.15, 0.2) is 0 Å². The molecule has 0 aromatic heterocycles. The van der Waals surface area contributed by atoms with E-state index in [9.17, 15) is 65.9 Å². The van der Waals surface area contributed by atoms with Crippen molar-refractivity contribution in [2.24, 2.45) is 0 Å². The first-order chi connectivity index (χ1) is 11.6. The molecular formula is C12H2F15. The van der Waals surface area contributed by atoms with Crippen molar-refractivity contribution in [2.45, 2.75) is 36.3 Å². The number of rotatable bonds is 3. The van der Waals surface area contributed by atoms with Crippen LogP contribution in [-0.2, 0) is 17.8 Å². The van der Waals surface area contributed by atoms with E-state index in [2.05, 4.69) is 0 Å². The minimum Gasteiger partial charge on any atom is -0.191 e. The van der Waals surface area contributed by atoms with Crippen molar-refractivity contribution >= 4 is 0 Å². The van der Waals surface area contributed by atoms with Crippen LogP contribution in [0.25, 0.3) is 0 Å². The van der Waals surface area contributed by atoms with Gasteiger partial charge in [-0.25, -0.2) is 0 Å². The Morgan fingerprint density at radius 1 is 0.444 bits per heavy atom. The van der Waals surface area contributed by atoms with E-state index in [1.807, 2.05) is 0 Å². The minimum absolute atomic E-state index is 0.261. The summed E-state index contributed by atoms with van der Waals surface area (Å²) < 4.78 is 189. The third-order valence-electron chi connectivity index (χ3n) is 2.98. The van der Waals surface area contributed by atoms with Crippen molar-refractivity contribution in [2.75, 3.05) is 0 Å². The minimum atomic E-state index is -6.72. The van der Waals surface area contributed by atoms with Gasteiger partial charge in [0.05, 0.1) is 0 Å². The fraction of sp³-hybridized carbons (Fsp3) is 0.500. The molecular weight excluding hydrogens is 429 g/mol. The van der Waals surface area contributed by atoms with Gasteiger partial charge in [0.1, 0.15) is 0 Å². The normalized spacial score (nSPS) is 15.2. The Balaban J connectivity index is 3.90. The lowest BCUT2D eigenvalue weighted by Gasteiger charge is -2.27. The van der Waals surface area contributed by atoms with Crippen molar-refractivity contribution in [3.05, 3.63) is 34.9 Å². The first-order valence-corrected chi connectivity index (χ1v) is 5.99. The van der Waals surface area contributed by atoms with Crippen LogP contribution in [0.1, 0.15) is 16.7 Å². The van der Waals surface area contributed by atoms with E-state index in [4.69, 9.17) is 0 Å². The van der Waals surface area contributed by atoms with Gasteiger partial charge in [-0.15, -0.1) is 0 Å². The standard InChI is InChI=1S/C12H2F15/c13-7(14,10(19,20)21)4-1-5(8(15,16)11(22,23)24)3-6(2-4)9(17,18)12(25,26)27/h1-2H. The highest BCUT2D eigenvalue weighted by molar-refractivity contribution is 5.38. The zero-order valence-corrected chi connectivity index (χ0v) is 11.8. The Bertz CT molecular complexity index is 581. The SMILES string of the molecule is FC(F)(F)C(F)(F)c1[c]c(C(F)(F)C(F)(F)F)cc(C(F)(F)C(F)(F)F)c1. The smallest absolute Gasteiger partial charge is 0.191 e. The molecule has 1 rings (SSSR count). The topological polar surface area (TPSA) is 0 Å². The van der Waals surface area contributed by atoms with Gasteiger partial charge in [-0.2, -0.15) is 65.9 Å². The molecule has 0 nitrogen and oxygen atoms in total. The molecule has 1 aromatic rings. The van der Waals surface area contributed by atoms with E-state index in [0.29, 0.717) is 0 Å². The zero-order chi connectivity index (χ0) is 21.9. The molecule has 0 spiro atoms.